The van der Waals surface area contributed by atoms with Crippen molar-refractivity contribution in [2.45, 2.75) is 0 Å². The molecule has 0 aliphatic carbocycles. The Morgan fingerprint density at radius 2 is 1.80 bits per heavy atom. The van der Waals surface area contributed by atoms with Crippen molar-refractivity contribution in [1.82, 2.24) is 4.98 Å². The fourth-order valence-corrected chi connectivity index (χ4v) is 2.84. The molecule has 0 amide bonds. The van der Waals surface area contributed by atoms with Crippen molar-refractivity contribution in [1.29, 1.82) is 0 Å². The molecular formula is C20H16N2O3. The summed E-state index contributed by atoms with van der Waals surface area (Å²) in [7, 11) is 3.67. The zero-order valence-corrected chi connectivity index (χ0v) is 13.9. The molecule has 4 rings (SSSR count). The highest BCUT2D eigenvalue weighted by molar-refractivity contribution is 6.05. The molecule has 0 radical (unpaired) electrons. The van der Waals surface area contributed by atoms with Crippen molar-refractivity contribution < 1.29 is 13.9 Å². The van der Waals surface area contributed by atoms with E-state index in [9.17, 15) is 4.79 Å². The van der Waals surface area contributed by atoms with Crippen molar-refractivity contribution in [3.05, 3.63) is 66.4 Å². The third-order valence-electron chi connectivity index (χ3n) is 3.99. The van der Waals surface area contributed by atoms with E-state index in [0.717, 1.165) is 21.9 Å². The van der Waals surface area contributed by atoms with Crippen molar-refractivity contribution in [2.75, 3.05) is 19.0 Å². The van der Waals surface area contributed by atoms with Gasteiger partial charge in [0, 0.05) is 31.1 Å². The molecule has 0 saturated heterocycles. The van der Waals surface area contributed by atoms with Crippen LogP contribution < -0.4 is 9.64 Å². The lowest BCUT2D eigenvalue weighted by molar-refractivity contribution is 0.0735. The first kappa shape index (κ1) is 15.2. The highest BCUT2D eigenvalue weighted by Gasteiger charge is 2.17. The van der Waals surface area contributed by atoms with E-state index in [2.05, 4.69) is 4.98 Å². The largest absolute Gasteiger partial charge is 0.456 e. The van der Waals surface area contributed by atoms with Crippen LogP contribution in [0, 0.1) is 0 Å². The molecule has 2 aromatic heterocycles. The van der Waals surface area contributed by atoms with Crippen LogP contribution in [0.25, 0.3) is 21.9 Å². The molecule has 0 spiro atoms. The van der Waals surface area contributed by atoms with Gasteiger partial charge in [-0.05, 0) is 36.4 Å². The summed E-state index contributed by atoms with van der Waals surface area (Å²) in [6, 6.07) is 16.6. The number of carbonyl (C=O) groups excluding carboxylic acids is 1. The zero-order valence-electron chi connectivity index (χ0n) is 13.9. The van der Waals surface area contributed by atoms with Gasteiger partial charge in [0.15, 0.2) is 0 Å². The highest BCUT2D eigenvalue weighted by Crippen LogP contribution is 2.31. The number of aromatic nitrogens is 1. The molecule has 0 atom stereocenters. The van der Waals surface area contributed by atoms with E-state index in [1.54, 1.807) is 29.3 Å². The number of pyridine rings is 1. The number of fused-ring (bicyclic) bond motifs is 3. The van der Waals surface area contributed by atoms with Crippen LogP contribution in [0.15, 0.2) is 65.2 Å². The first-order valence-electron chi connectivity index (χ1n) is 7.89. The lowest BCUT2D eigenvalue weighted by Crippen LogP contribution is -2.18. The van der Waals surface area contributed by atoms with Gasteiger partial charge < -0.3 is 14.1 Å². The van der Waals surface area contributed by atoms with Gasteiger partial charge in [0.25, 0.3) is 0 Å². The Labute approximate surface area is 144 Å². The molecule has 4 aromatic rings. The molecule has 5 nitrogen and oxygen atoms in total. The second-order valence-corrected chi connectivity index (χ2v) is 5.91. The fraction of sp³-hybridized carbons (Fsp3) is 0.100. The Balaban J connectivity index is 1.71. The van der Waals surface area contributed by atoms with Gasteiger partial charge in [0.1, 0.15) is 28.3 Å². The number of esters is 1. The van der Waals surface area contributed by atoms with Crippen LogP contribution >= 0.6 is 0 Å². The van der Waals surface area contributed by atoms with Gasteiger partial charge in [-0.3, -0.25) is 0 Å². The van der Waals surface area contributed by atoms with Gasteiger partial charge in [-0.2, -0.15) is 0 Å². The second-order valence-electron chi connectivity index (χ2n) is 5.91. The maximum absolute atomic E-state index is 12.6. The Morgan fingerprint density at radius 1 is 1.00 bits per heavy atom. The maximum Gasteiger partial charge on any atom is 0.347 e. The van der Waals surface area contributed by atoms with E-state index in [-0.39, 0.29) is 0 Å². The first-order valence-corrected chi connectivity index (χ1v) is 7.89. The molecule has 0 saturated carbocycles. The van der Waals surface area contributed by atoms with Crippen LogP contribution in [0.5, 0.6) is 5.75 Å². The number of hydrogen-bond donors (Lipinski definition) is 0. The minimum Gasteiger partial charge on any atom is -0.456 e. The van der Waals surface area contributed by atoms with Gasteiger partial charge in [-0.15, -0.1) is 0 Å². The molecule has 0 unspecified atom stereocenters. The summed E-state index contributed by atoms with van der Waals surface area (Å²) in [5.41, 5.74) is 1.99. The standard InChI is InChI=1S/C20H16N2O3/c1-22(2)19-15(7-5-11-21-19)20(23)24-13-9-10-18-16(12-13)14-6-3-4-8-17(14)25-18/h3-12H,1-2H3. The average molecular weight is 332 g/mol. The van der Waals surface area contributed by atoms with E-state index in [4.69, 9.17) is 9.15 Å². The molecule has 0 bridgehead atoms. The van der Waals surface area contributed by atoms with Crippen molar-refractivity contribution in [3.8, 4) is 5.75 Å². The van der Waals surface area contributed by atoms with Gasteiger partial charge in [-0.1, -0.05) is 18.2 Å². The molecule has 25 heavy (non-hydrogen) atoms. The monoisotopic (exact) mass is 332 g/mol. The van der Waals surface area contributed by atoms with Gasteiger partial charge in [0.2, 0.25) is 0 Å². The summed E-state index contributed by atoms with van der Waals surface area (Å²) < 4.78 is 11.4. The summed E-state index contributed by atoms with van der Waals surface area (Å²) in [4.78, 5) is 18.6. The minimum absolute atomic E-state index is 0.421. The molecule has 124 valence electrons. The number of anilines is 1. The Morgan fingerprint density at radius 3 is 2.64 bits per heavy atom. The molecular weight excluding hydrogens is 316 g/mol. The van der Waals surface area contributed by atoms with Crippen LogP contribution in [-0.2, 0) is 0 Å². The summed E-state index contributed by atoms with van der Waals surface area (Å²) in [5, 5.41) is 1.91. The lowest BCUT2D eigenvalue weighted by Gasteiger charge is -2.14. The topological polar surface area (TPSA) is 55.6 Å². The molecule has 5 heteroatoms. The lowest BCUT2D eigenvalue weighted by atomic mass is 10.1. The van der Waals surface area contributed by atoms with E-state index in [0.29, 0.717) is 17.1 Å². The van der Waals surface area contributed by atoms with E-state index in [1.165, 1.54) is 0 Å². The van der Waals surface area contributed by atoms with Gasteiger partial charge in [0.05, 0.1) is 0 Å². The average Bonchev–Trinajstić information content (AvgIpc) is 2.99. The Hall–Kier alpha value is -3.34. The predicted octanol–water partition coefficient (Wildman–Crippen LogP) is 4.27. The minimum atomic E-state index is -0.441. The summed E-state index contributed by atoms with van der Waals surface area (Å²) >= 11 is 0. The van der Waals surface area contributed by atoms with Crippen LogP contribution in [-0.4, -0.2) is 25.0 Å². The number of benzene rings is 2. The third kappa shape index (κ3) is 2.70. The van der Waals surface area contributed by atoms with Gasteiger partial charge in [-0.25, -0.2) is 9.78 Å². The van der Waals surface area contributed by atoms with E-state index in [1.807, 2.05) is 50.5 Å². The van der Waals surface area contributed by atoms with Gasteiger partial charge >= 0.3 is 5.97 Å². The molecule has 0 aliphatic rings. The zero-order chi connectivity index (χ0) is 17.4. The second kappa shape index (κ2) is 5.94. The fourth-order valence-electron chi connectivity index (χ4n) is 2.84. The first-order chi connectivity index (χ1) is 12.1. The summed E-state index contributed by atoms with van der Waals surface area (Å²) in [6.07, 6.45) is 1.65. The molecule has 0 aliphatic heterocycles. The van der Waals surface area contributed by atoms with Crippen molar-refractivity contribution in [3.63, 3.8) is 0 Å². The SMILES string of the molecule is CN(C)c1ncccc1C(=O)Oc1ccc2oc3ccccc3c2c1. The van der Waals surface area contributed by atoms with Crippen LogP contribution in [0.4, 0.5) is 5.82 Å². The van der Waals surface area contributed by atoms with Crippen LogP contribution in [0.2, 0.25) is 0 Å². The predicted molar refractivity (Wildman–Crippen MR) is 97.2 cm³/mol. The number of para-hydroxylation sites is 1. The Kier molecular flexibility index (Phi) is 3.61. The Bertz CT molecular complexity index is 1080. The highest BCUT2D eigenvalue weighted by atomic mass is 16.5. The number of furan rings is 1. The molecule has 2 aromatic carbocycles. The number of hydrogen-bond acceptors (Lipinski definition) is 5. The normalized spacial score (nSPS) is 11.0. The summed E-state index contributed by atoms with van der Waals surface area (Å²) in [5.74, 6) is 0.601. The molecule has 2 heterocycles. The number of ether oxygens (including phenoxy) is 1. The summed E-state index contributed by atoms with van der Waals surface area (Å²) in [6.45, 7) is 0. The third-order valence-corrected chi connectivity index (χ3v) is 3.99. The van der Waals surface area contributed by atoms with Crippen LogP contribution in [0.3, 0.4) is 0 Å². The number of nitrogens with zero attached hydrogens (tertiary/aromatic N) is 2. The molecule has 0 N–H and O–H groups in total. The maximum atomic E-state index is 12.6. The number of carbonyl (C=O) groups is 1. The van der Waals surface area contributed by atoms with Crippen molar-refractivity contribution >= 4 is 33.7 Å². The smallest absolute Gasteiger partial charge is 0.347 e. The van der Waals surface area contributed by atoms with E-state index < -0.39 is 5.97 Å². The molecule has 0 fully saturated rings. The van der Waals surface area contributed by atoms with Crippen molar-refractivity contribution in [2.24, 2.45) is 0 Å². The quantitative estimate of drug-likeness (QED) is 0.414. The van der Waals surface area contributed by atoms with E-state index >= 15 is 0 Å². The van der Waals surface area contributed by atoms with Crippen LogP contribution in [0.1, 0.15) is 10.4 Å². The number of rotatable bonds is 3.